The molecule has 2 aromatic rings. The minimum absolute atomic E-state index is 0. The first-order chi connectivity index (χ1) is 8.85. The van der Waals surface area contributed by atoms with Crippen molar-refractivity contribution < 1.29 is 9.44 Å². The maximum absolute atomic E-state index is 9.00. The third kappa shape index (κ3) is 3.31. The first-order valence-corrected chi connectivity index (χ1v) is 5.45. The van der Waals surface area contributed by atoms with Crippen molar-refractivity contribution >= 4 is 0 Å². The van der Waals surface area contributed by atoms with E-state index < -0.39 is 0 Å². The van der Waals surface area contributed by atoms with Gasteiger partial charge in [0.1, 0.15) is 18.7 Å². The molecule has 0 atom stereocenters. The summed E-state index contributed by atoms with van der Waals surface area (Å²) < 4.78 is 5.59. The maximum atomic E-state index is 9.00. The van der Waals surface area contributed by atoms with E-state index >= 15 is 0 Å². The van der Waals surface area contributed by atoms with Gasteiger partial charge in [-0.2, -0.15) is 10.5 Å². The lowest BCUT2D eigenvalue weighted by Crippen LogP contribution is -1.99. The van der Waals surface area contributed by atoms with E-state index in [1.807, 2.05) is 42.5 Å². The van der Waals surface area contributed by atoms with Gasteiger partial charge >= 0.3 is 0 Å². The summed E-state index contributed by atoms with van der Waals surface area (Å²) in [7, 11) is 0. The van der Waals surface area contributed by atoms with Crippen LogP contribution in [-0.4, -0.2) is 0 Å². The minimum atomic E-state index is 0. The number of ether oxygens (including phenoxy) is 1. The molecule has 3 nitrogen and oxygen atoms in total. The molecule has 2 rings (SSSR count). The van der Waals surface area contributed by atoms with E-state index in [1.165, 1.54) is 0 Å². The molecule has 2 aromatic carbocycles. The van der Waals surface area contributed by atoms with Crippen LogP contribution in [0.25, 0.3) is 0 Å². The van der Waals surface area contributed by atoms with Crippen molar-refractivity contribution in [1.29, 1.82) is 10.5 Å². The van der Waals surface area contributed by atoms with Gasteiger partial charge in [0, 0.05) is 0 Å². The number of rotatable bonds is 3. The van der Waals surface area contributed by atoms with Crippen LogP contribution in [0.1, 0.15) is 16.7 Å². The highest BCUT2D eigenvalue weighted by Gasteiger charge is 2.09. The van der Waals surface area contributed by atoms with Gasteiger partial charge in [0.2, 0.25) is 0 Å². The third-order valence-electron chi connectivity index (χ3n) is 2.48. The highest BCUT2D eigenvalue weighted by atomic mass is 19.0. The molecule has 0 aliphatic heterocycles. The van der Waals surface area contributed by atoms with Crippen molar-refractivity contribution in [2.75, 3.05) is 0 Å². The normalized spacial score (nSPS) is 8.74. The van der Waals surface area contributed by atoms with Gasteiger partial charge in [0.05, 0.1) is 11.1 Å². The predicted molar refractivity (Wildman–Crippen MR) is 69.1 cm³/mol. The zero-order chi connectivity index (χ0) is 12.8. The summed E-state index contributed by atoms with van der Waals surface area (Å²) in [5.74, 6) is 0.353. The van der Waals surface area contributed by atoms with E-state index in [9.17, 15) is 0 Å². The van der Waals surface area contributed by atoms with E-state index in [1.54, 1.807) is 18.2 Å². The Balaban J connectivity index is 0.00000180. The molecule has 0 unspecified atom stereocenters. The van der Waals surface area contributed by atoms with Gasteiger partial charge in [-0.05, 0) is 17.7 Å². The first-order valence-electron chi connectivity index (χ1n) is 5.45. The van der Waals surface area contributed by atoms with Gasteiger partial charge in [-0.25, -0.2) is 0 Å². The van der Waals surface area contributed by atoms with Gasteiger partial charge in [0.25, 0.3) is 0 Å². The van der Waals surface area contributed by atoms with Crippen molar-refractivity contribution in [3.63, 3.8) is 0 Å². The average Bonchev–Trinajstić information content (AvgIpc) is 2.45. The lowest BCUT2D eigenvalue weighted by Gasteiger charge is -2.09. The zero-order valence-electron chi connectivity index (χ0n) is 10.0. The second-order valence-corrected chi connectivity index (χ2v) is 3.68. The standard InChI is InChI=1S/C15H10N2O.FH/c16-9-13-7-4-8-14(10-17)15(13)18-11-12-5-2-1-3-6-12;/h1-8H,11H2;1H. The number of nitriles is 2. The number of nitrogens with zero attached hydrogens (tertiary/aromatic N) is 2. The molecular weight excluding hydrogens is 243 g/mol. The second kappa shape index (κ2) is 6.78. The van der Waals surface area contributed by atoms with Crippen LogP contribution in [0.15, 0.2) is 48.5 Å². The molecule has 0 amide bonds. The van der Waals surface area contributed by atoms with Crippen LogP contribution >= 0.6 is 0 Å². The van der Waals surface area contributed by atoms with Gasteiger partial charge in [-0.1, -0.05) is 36.4 Å². The molecular formula is C15H11FN2O. The van der Waals surface area contributed by atoms with Crippen LogP contribution in [0.3, 0.4) is 0 Å². The molecule has 19 heavy (non-hydrogen) atoms. The maximum Gasteiger partial charge on any atom is 0.155 e. The molecule has 0 saturated heterocycles. The van der Waals surface area contributed by atoms with Gasteiger partial charge in [0.15, 0.2) is 5.75 Å². The van der Waals surface area contributed by atoms with E-state index in [4.69, 9.17) is 15.3 Å². The molecule has 0 aliphatic carbocycles. The summed E-state index contributed by atoms with van der Waals surface area (Å²) in [6.07, 6.45) is 0. The molecule has 0 saturated carbocycles. The molecule has 0 aromatic heterocycles. The van der Waals surface area contributed by atoms with Crippen molar-refractivity contribution in [1.82, 2.24) is 0 Å². The Morgan fingerprint density at radius 2 is 1.42 bits per heavy atom. The monoisotopic (exact) mass is 254 g/mol. The summed E-state index contributed by atoms with van der Waals surface area (Å²) in [5.41, 5.74) is 1.75. The summed E-state index contributed by atoms with van der Waals surface area (Å²) in [6, 6.07) is 18.6. The van der Waals surface area contributed by atoms with Gasteiger partial charge < -0.3 is 4.74 Å². The number of hydrogen-bond donors (Lipinski definition) is 0. The Hall–Kier alpha value is -2.85. The lowest BCUT2D eigenvalue weighted by molar-refractivity contribution is 0.304. The number of halogens is 1. The van der Waals surface area contributed by atoms with Crippen LogP contribution in [-0.2, 0) is 6.61 Å². The molecule has 0 fully saturated rings. The smallest absolute Gasteiger partial charge is 0.155 e. The summed E-state index contributed by atoms with van der Waals surface area (Å²) in [6.45, 7) is 0.341. The summed E-state index contributed by atoms with van der Waals surface area (Å²) in [5, 5.41) is 18.0. The van der Waals surface area contributed by atoms with Crippen LogP contribution < -0.4 is 4.74 Å². The van der Waals surface area contributed by atoms with Crippen LogP contribution in [0, 0.1) is 22.7 Å². The average molecular weight is 254 g/mol. The Morgan fingerprint density at radius 3 is 1.95 bits per heavy atom. The first kappa shape index (κ1) is 14.2. The van der Waals surface area contributed by atoms with Crippen molar-refractivity contribution in [3.05, 3.63) is 65.2 Å². The summed E-state index contributed by atoms with van der Waals surface area (Å²) >= 11 is 0. The Bertz CT molecular complexity index is 595. The van der Waals surface area contributed by atoms with Crippen molar-refractivity contribution in [3.8, 4) is 17.9 Å². The fourth-order valence-corrected chi connectivity index (χ4v) is 1.60. The Labute approximate surface area is 110 Å². The van der Waals surface area contributed by atoms with Crippen LogP contribution in [0.4, 0.5) is 4.70 Å². The predicted octanol–water partition coefficient (Wildman–Crippen LogP) is 3.16. The Kier molecular flexibility index (Phi) is 5.07. The Morgan fingerprint density at radius 1 is 0.842 bits per heavy atom. The number of hydrogen-bond acceptors (Lipinski definition) is 3. The molecule has 94 valence electrons. The highest BCUT2D eigenvalue weighted by molar-refractivity contribution is 5.53. The topological polar surface area (TPSA) is 56.8 Å². The zero-order valence-corrected chi connectivity index (χ0v) is 10.0. The second-order valence-electron chi connectivity index (χ2n) is 3.68. The van der Waals surface area contributed by atoms with Gasteiger partial charge in [-0.3, -0.25) is 4.70 Å². The van der Waals surface area contributed by atoms with Crippen molar-refractivity contribution in [2.24, 2.45) is 0 Å². The molecule has 0 bridgehead atoms. The molecule has 0 N–H and O–H groups in total. The molecule has 0 aliphatic rings. The fourth-order valence-electron chi connectivity index (χ4n) is 1.60. The number of para-hydroxylation sites is 1. The van der Waals surface area contributed by atoms with E-state index in [0.29, 0.717) is 23.5 Å². The largest absolute Gasteiger partial charge is 0.486 e. The van der Waals surface area contributed by atoms with E-state index in [2.05, 4.69) is 0 Å². The molecule has 0 radical (unpaired) electrons. The third-order valence-corrected chi connectivity index (χ3v) is 2.48. The highest BCUT2D eigenvalue weighted by Crippen LogP contribution is 2.23. The van der Waals surface area contributed by atoms with Crippen LogP contribution in [0.2, 0.25) is 0 Å². The molecule has 0 spiro atoms. The van der Waals surface area contributed by atoms with E-state index in [0.717, 1.165) is 5.56 Å². The molecule has 0 heterocycles. The summed E-state index contributed by atoms with van der Waals surface area (Å²) in [4.78, 5) is 0. The number of benzene rings is 2. The SMILES string of the molecule is F.N#Cc1cccc(C#N)c1OCc1ccccc1. The van der Waals surface area contributed by atoms with E-state index in [-0.39, 0.29) is 4.70 Å². The fraction of sp³-hybridized carbons (Fsp3) is 0.0667. The minimum Gasteiger partial charge on any atom is -0.486 e. The van der Waals surface area contributed by atoms with Gasteiger partial charge in [-0.15, -0.1) is 0 Å². The molecule has 4 heteroatoms. The van der Waals surface area contributed by atoms with Crippen LogP contribution in [0.5, 0.6) is 5.75 Å². The lowest BCUT2D eigenvalue weighted by atomic mass is 10.1. The van der Waals surface area contributed by atoms with Crippen molar-refractivity contribution in [2.45, 2.75) is 6.61 Å². The quantitative estimate of drug-likeness (QED) is 0.845.